The summed E-state index contributed by atoms with van der Waals surface area (Å²) >= 11 is 0. The highest BCUT2D eigenvalue weighted by Gasteiger charge is 2.18. The second-order valence-corrected chi connectivity index (χ2v) is 22.1. The van der Waals surface area contributed by atoms with Crippen molar-refractivity contribution in [3.05, 3.63) is 36.5 Å². The number of amides is 1. The normalized spacial score (nSPS) is 12.8. The fraction of sp³-hybridized carbons (Fsp3) is 0.879. The molecular weight excluding hydrogens is 887 g/mol. The molecule has 0 aliphatic carbocycles. The molecule has 0 radical (unpaired) electrons. The van der Waals surface area contributed by atoms with E-state index in [4.69, 9.17) is 4.74 Å². The third-order valence-electron chi connectivity index (χ3n) is 14.9. The predicted molar refractivity (Wildman–Crippen MR) is 315 cm³/mol. The van der Waals surface area contributed by atoms with Crippen LogP contribution in [0.25, 0.3) is 0 Å². The van der Waals surface area contributed by atoms with E-state index in [1.807, 2.05) is 6.08 Å². The maximum absolute atomic E-state index is 12.5. The number of hydrogen-bond donors (Lipinski definition) is 3. The molecule has 0 bridgehead atoms. The lowest BCUT2D eigenvalue weighted by Crippen LogP contribution is -2.45. The van der Waals surface area contributed by atoms with Crippen LogP contribution < -0.4 is 5.32 Å². The standard InChI is InChI=1S/C66H125NO5/c1-3-5-7-9-11-13-15-16-17-29-32-35-39-42-46-50-54-58-64(69)63(62-68)67-65(70)59-55-51-47-43-40-36-33-30-27-25-23-21-19-18-20-22-24-26-28-31-34-37-41-45-49-53-57-61-72-66(71)60-56-52-48-44-38-14-12-10-8-6-4-2/h18-19,22,24,54,58,63-64,68-69H,3-17,20-21,23,25-53,55-57,59-62H2,1-2H3,(H,67,70)/b19-18-,24-22-,58-54+. The molecule has 0 saturated carbocycles. The highest BCUT2D eigenvalue weighted by molar-refractivity contribution is 5.76. The molecule has 0 heterocycles. The zero-order chi connectivity index (χ0) is 52.2. The lowest BCUT2D eigenvalue weighted by atomic mass is 10.0. The molecule has 0 aromatic heterocycles. The number of rotatable bonds is 60. The average molecular weight is 1010 g/mol. The van der Waals surface area contributed by atoms with Crippen molar-refractivity contribution in [3.63, 3.8) is 0 Å². The van der Waals surface area contributed by atoms with E-state index in [1.54, 1.807) is 6.08 Å². The van der Waals surface area contributed by atoms with Gasteiger partial charge in [0, 0.05) is 12.8 Å². The molecule has 6 nitrogen and oxygen atoms in total. The molecule has 0 spiro atoms. The molecule has 6 heteroatoms. The molecule has 0 aromatic carbocycles. The lowest BCUT2D eigenvalue weighted by Gasteiger charge is -2.20. The van der Waals surface area contributed by atoms with E-state index in [1.165, 1.54) is 276 Å². The molecule has 0 fully saturated rings. The number of unbranched alkanes of at least 4 members (excludes halogenated alkanes) is 45. The molecule has 3 N–H and O–H groups in total. The third kappa shape index (κ3) is 57.4. The number of aliphatic hydroxyl groups is 2. The van der Waals surface area contributed by atoms with Gasteiger partial charge in [-0.2, -0.15) is 0 Å². The Kier molecular flexibility index (Phi) is 60.0. The third-order valence-corrected chi connectivity index (χ3v) is 14.9. The van der Waals surface area contributed by atoms with E-state index in [-0.39, 0.29) is 18.5 Å². The van der Waals surface area contributed by atoms with Crippen molar-refractivity contribution in [3.8, 4) is 0 Å². The first-order valence-electron chi connectivity index (χ1n) is 32.3. The zero-order valence-corrected chi connectivity index (χ0v) is 48.4. The first kappa shape index (κ1) is 70.1. The average Bonchev–Trinajstić information content (AvgIpc) is 3.38. The van der Waals surface area contributed by atoms with Crippen LogP contribution in [0.3, 0.4) is 0 Å². The van der Waals surface area contributed by atoms with Crippen LogP contribution in [0.2, 0.25) is 0 Å². The van der Waals surface area contributed by atoms with E-state index in [2.05, 4.69) is 43.5 Å². The van der Waals surface area contributed by atoms with Crippen molar-refractivity contribution < 1.29 is 24.5 Å². The Morgan fingerprint density at radius 1 is 0.389 bits per heavy atom. The van der Waals surface area contributed by atoms with Crippen molar-refractivity contribution in [2.45, 2.75) is 360 Å². The van der Waals surface area contributed by atoms with E-state index in [0.29, 0.717) is 19.4 Å². The molecule has 1 amide bonds. The van der Waals surface area contributed by atoms with Gasteiger partial charge in [0.05, 0.1) is 25.4 Å². The topological polar surface area (TPSA) is 95.9 Å². The van der Waals surface area contributed by atoms with Gasteiger partial charge >= 0.3 is 5.97 Å². The van der Waals surface area contributed by atoms with Crippen LogP contribution in [-0.4, -0.2) is 47.4 Å². The summed E-state index contributed by atoms with van der Waals surface area (Å²) in [4.78, 5) is 24.5. The Balaban J connectivity index is 3.45. The van der Waals surface area contributed by atoms with Crippen molar-refractivity contribution in [1.29, 1.82) is 0 Å². The van der Waals surface area contributed by atoms with Crippen LogP contribution in [0.4, 0.5) is 0 Å². The van der Waals surface area contributed by atoms with Crippen molar-refractivity contribution in [2.75, 3.05) is 13.2 Å². The number of allylic oxidation sites excluding steroid dienone is 5. The van der Waals surface area contributed by atoms with E-state index in [9.17, 15) is 19.8 Å². The van der Waals surface area contributed by atoms with Crippen LogP contribution >= 0.6 is 0 Å². The minimum Gasteiger partial charge on any atom is -0.466 e. The summed E-state index contributed by atoms with van der Waals surface area (Å²) in [6, 6.07) is -0.631. The molecule has 0 saturated heterocycles. The highest BCUT2D eigenvalue weighted by atomic mass is 16.5. The Morgan fingerprint density at radius 3 is 1.06 bits per heavy atom. The van der Waals surface area contributed by atoms with Crippen molar-refractivity contribution in [2.24, 2.45) is 0 Å². The van der Waals surface area contributed by atoms with Crippen LogP contribution in [0.5, 0.6) is 0 Å². The van der Waals surface area contributed by atoms with Gasteiger partial charge in [-0.15, -0.1) is 0 Å². The van der Waals surface area contributed by atoms with Gasteiger partial charge in [0.15, 0.2) is 0 Å². The van der Waals surface area contributed by atoms with Gasteiger partial charge in [0.25, 0.3) is 0 Å². The van der Waals surface area contributed by atoms with Crippen LogP contribution in [0.15, 0.2) is 36.5 Å². The largest absolute Gasteiger partial charge is 0.466 e. The second kappa shape index (κ2) is 61.6. The summed E-state index contributed by atoms with van der Waals surface area (Å²) < 4.78 is 5.46. The highest BCUT2D eigenvalue weighted by Crippen LogP contribution is 2.17. The number of nitrogens with one attached hydrogen (secondary N) is 1. The summed E-state index contributed by atoms with van der Waals surface area (Å²) in [7, 11) is 0. The maximum atomic E-state index is 12.5. The van der Waals surface area contributed by atoms with Gasteiger partial charge in [0.1, 0.15) is 0 Å². The summed E-state index contributed by atoms with van der Waals surface area (Å²) in [6.45, 7) is 4.92. The predicted octanol–water partition coefficient (Wildman–Crippen LogP) is 20.4. The number of aliphatic hydroxyl groups excluding tert-OH is 2. The molecule has 2 atom stereocenters. The number of carbonyl (C=O) groups is 2. The maximum Gasteiger partial charge on any atom is 0.305 e. The smallest absolute Gasteiger partial charge is 0.305 e. The lowest BCUT2D eigenvalue weighted by molar-refractivity contribution is -0.143. The first-order valence-corrected chi connectivity index (χ1v) is 32.3. The quantitative estimate of drug-likeness (QED) is 0.0320. The van der Waals surface area contributed by atoms with E-state index >= 15 is 0 Å². The second-order valence-electron chi connectivity index (χ2n) is 22.1. The Hall–Kier alpha value is -1.92. The molecule has 0 aliphatic heterocycles. The number of hydrogen-bond acceptors (Lipinski definition) is 5. The Labute approximate surface area is 449 Å². The molecule has 424 valence electrons. The fourth-order valence-electron chi connectivity index (χ4n) is 9.96. The van der Waals surface area contributed by atoms with Gasteiger partial charge in [-0.25, -0.2) is 0 Å². The Morgan fingerprint density at radius 2 is 0.694 bits per heavy atom. The van der Waals surface area contributed by atoms with Gasteiger partial charge in [0.2, 0.25) is 5.91 Å². The molecular formula is C66H125NO5. The van der Waals surface area contributed by atoms with Gasteiger partial charge in [-0.1, -0.05) is 307 Å². The summed E-state index contributed by atoms with van der Waals surface area (Å²) in [6.07, 6.45) is 77.7. The van der Waals surface area contributed by atoms with Crippen molar-refractivity contribution in [1.82, 2.24) is 5.32 Å². The minimum atomic E-state index is -0.847. The number of ether oxygens (including phenoxy) is 1. The summed E-state index contributed by atoms with van der Waals surface area (Å²) in [5.74, 6) is -0.0591. The zero-order valence-electron chi connectivity index (χ0n) is 48.4. The minimum absolute atomic E-state index is 0.00999. The van der Waals surface area contributed by atoms with Gasteiger partial charge in [-0.05, 0) is 64.2 Å². The molecule has 0 aliphatic rings. The van der Waals surface area contributed by atoms with E-state index in [0.717, 1.165) is 44.9 Å². The molecule has 72 heavy (non-hydrogen) atoms. The first-order chi connectivity index (χ1) is 35.5. The Bertz CT molecular complexity index is 1170. The van der Waals surface area contributed by atoms with Crippen LogP contribution in [0, 0.1) is 0 Å². The summed E-state index contributed by atoms with van der Waals surface area (Å²) in [5.41, 5.74) is 0. The van der Waals surface area contributed by atoms with E-state index < -0.39 is 12.1 Å². The fourth-order valence-corrected chi connectivity index (χ4v) is 9.96. The monoisotopic (exact) mass is 1010 g/mol. The van der Waals surface area contributed by atoms with Gasteiger partial charge < -0.3 is 20.3 Å². The summed E-state index contributed by atoms with van der Waals surface area (Å²) in [5, 5.41) is 23.2. The van der Waals surface area contributed by atoms with Gasteiger partial charge in [-0.3, -0.25) is 9.59 Å². The number of carbonyl (C=O) groups excluding carboxylic acids is 2. The molecule has 0 aromatic rings. The van der Waals surface area contributed by atoms with Crippen LogP contribution in [-0.2, 0) is 14.3 Å². The molecule has 0 rings (SSSR count). The molecule has 2 unspecified atom stereocenters. The SMILES string of the molecule is CCCCCCCCCCCCCCCCC/C=C/C(O)C(CO)NC(=O)CCCCCCCCCCCCC/C=C\C/C=C\CCCCCCCCCCCOC(=O)CCCCCCCCCCCCC. The number of esters is 1. The van der Waals surface area contributed by atoms with Crippen molar-refractivity contribution >= 4 is 11.9 Å². The van der Waals surface area contributed by atoms with Crippen LogP contribution in [0.1, 0.15) is 348 Å².